The van der Waals surface area contributed by atoms with E-state index in [2.05, 4.69) is 51.1 Å². The van der Waals surface area contributed by atoms with Gasteiger partial charge in [0.05, 0.1) is 37.7 Å². The minimum absolute atomic E-state index is 0.183. The molecule has 1 aliphatic heterocycles. The lowest BCUT2D eigenvalue weighted by molar-refractivity contribution is -0.114. The highest BCUT2D eigenvalue weighted by Crippen LogP contribution is 2.45. The van der Waals surface area contributed by atoms with E-state index in [1.54, 1.807) is 20.4 Å². The van der Waals surface area contributed by atoms with Crippen LogP contribution in [0.4, 0.5) is 11.4 Å². The van der Waals surface area contributed by atoms with E-state index in [1.165, 1.54) is 6.92 Å². The lowest BCUT2D eigenvalue weighted by Gasteiger charge is -2.29. The third-order valence-electron chi connectivity index (χ3n) is 6.97. The minimum Gasteiger partial charge on any atom is -0.497 e. The number of hydrogen-bond donors (Lipinski definition) is 2. The van der Waals surface area contributed by atoms with Gasteiger partial charge in [0.15, 0.2) is 5.11 Å². The second kappa shape index (κ2) is 10.8. The summed E-state index contributed by atoms with van der Waals surface area (Å²) in [4.78, 5) is 18.7. The van der Waals surface area contributed by atoms with Gasteiger partial charge in [0, 0.05) is 41.9 Å². The molecule has 39 heavy (non-hydrogen) atoms. The standard InChI is InChI=1S/C30H31N5O3S/c1-18-15-24(19(2)34(18)21-9-8-10-23(16-21)37-4)29-28(25-11-6-7-14-31-25)33-30(39)35(29)22-12-13-27(38-5)26(17-22)32-20(3)36/h6-17,28-29H,1-5H3,(H,32,36)(H,33,39)/t28-,29+/m1/s1. The Labute approximate surface area is 233 Å². The third kappa shape index (κ3) is 4.93. The Kier molecular flexibility index (Phi) is 7.26. The number of carbonyl (C=O) groups is 1. The molecule has 2 N–H and O–H groups in total. The number of hydrogen-bond acceptors (Lipinski definition) is 5. The van der Waals surface area contributed by atoms with E-state index in [1.807, 2.05) is 54.6 Å². The molecule has 9 heteroatoms. The molecule has 8 nitrogen and oxygen atoms in total. The Hall–Kier alpha value is -4.37. The van der Waals surface area contributed by atoms with Crippen LogP contribution in [-0.4, -0.2) is 34.8 Å². The molecule has 0 radical (unpaired) electrons. The number of thiocarbonyl (C=S) groups is 1. The summed E-state index contributed by atoms with van der Waals surface area (Å²) >= 11 is 5.92. The SMILES string of the molecule is COc1cccc(-n2c(C)cc([C@H]3[C@@H](c4ccccn4)NC(=S)N3c3ccc(OC)c(NC(C)=O)c3)c2C)c1. The fraction of sp³-hybridized carbons (Fsp3) is 0.233. The summed E-state index contributed by atoms with van der Waals surface area (Å²) in [7, 11) is 3.25. The second-order valence-electron chi connectivity index (χ2n) is 9.43. The van der Waals surface area contributed by atoms with E-state index in [-0.39, 0.29) is 18.0 Å². The molecule has 0 saturated carbocycles. The highest BCUT2D eigenvalue weighted by Gasteiger charge is 2.42. The van der Waals surface area contributed by atoms with Crippen molar-refractivity contribution in [3.8, 4) is 17.2 Å². The first-order valence-corrected chi connectivity index (χ1v) is 13.0. The van der Waals surface area contributed by atoms with Crippen LogP contribution >= 0.6 is 12.2 Å². The number of pyridine rings is 1. The summed E-state index contributed by atoms with van der Waals surface area (Å²) < 4.78 is 13.2. The molecular formula is C30H31N5O3S. The number of anilines is 2. The predicted molar refractivity (Wildman–Crippen MR) is 157 cm³/mol. The normalized spacial score (nSPS) is 16.6. The van der Waals surface area contributed by atoms with Gasteiger partial charge in [0.25, 0.3) is 0 Å². The molecule has 0 bridgehead atoms. The number of aromatic nitrogens is 2. The van der Waals surface area contributed by atoms with Crippen LogP contribution in [0.1, 0.15) is 41.7 Å². The predicted octanol–water partition coefficient (Wildman–Crippen LogP) is 5.64. The highest BCUT2D eigenvalue weighted by molar-refractivity contribution is 7.80. The first-order valence-electron chi connectivity index (χ1n) is 12.6. The smallest absolute Gasteiger partial charge is 0.221 e. The van der Waals surface area contributed by atoms with Crippen molar-refractivity contribution in [3.05, 3.63) is 95.6 Å². The van der Waals surface area contributed by atoms with Crippen LogP contribution in [0.25, 0.3) is 5.69 Å². The zero-order valence-corrected chi connectivity index (χ0v) is 23.4. The number of ether oxygens (including phenoxy) is 2. The number of rotatable bonds is 7. The monoisotopic (exact) mass is 541 g/mol. The maximum Gasteiger partial charge on any atom is 0.221 e. The van der Waals surface area contributed by atoms with Crippen molar-refractivity contribution in [2.24, 2.45) is 0 Å². The van der Waals surface area contributed by atoms with E-state index < -0.39 is 0 Å². The van der Waals surface area contributed by atoms with Crippen LogP contribution in [0.5, 0.6) is 11.5 Å². The first kappa shape index (κ1) is 26.2. The van der Waals surface area contributed by atoms with Gasteiger partial charge in [-0.25, -0.2) is 0 Å². The van der Waals surface area contributed by atoms with Gasteiger partial charge in [-0.1, -0.05) is 12.1 Å². The lowest BCUT2D eigenvalue weighted by Crippen LogP contribution is -2.29. The number of nitrogens with one attached hydrogen (secondary N) is 2. The molecule has 3 heterocycles. The van der Waals surface area contributed by atoms with Crippen molar-refractivity contribution >= 4 is 34.6 Å². The van der Waals surface area contributed by atoms with Gasteiger partial charge in [-0.2, -0.15) is 0 Å². The average Bonchev–Trinajstić information content (AvgIpc) is 3.43. The van der Waals surface area contributed by atoms with Gasteiger partial charge in [-0.3, -0.25) is 9.78 Å². The zero-order valence-electron chi connectivity index (χ0n) is 22.6. The molecule has 1 saturated heterocycles. The van der Waals surface area contributed by atoms with Crippen LogP contribution < -0.4 is 25.0 Å². The number of benzene rings is 2. The molecule has 2 atom stereocenters. The van der Waals surface area contributed by atoms with Gasteiger partial charge in [-0.05, 0) is 80.2 Å². The van der Waals surface area contributed by atoms with Gasteiger partial charge < -0.3 is 29.6 Å². The summed E-state index contributed by atoms with van der Waals surface area (Å²) in [6.45, 7) is 5.69. The first-order chi connectivity index (χ1) is 18.8. The molecule has 2 aromatic carbocycles. The number of aryl methyl sites for hydroxylation is 1. The summed E-state index contributed by atoms with van der Waals surface area (Å²) in [6.07, 6.45) is 1.79. The molecular weight excluding hydrogens is 510 g/mol. The average molecular weight is 542 g/mol. The van der Waals surface area contributed by atoms with Crippen LogP contribution in [0, 0.1) is 13.8 Å². The van der Waals surface area contributed by atoms with E-state index in [9.17, 15) is 4.79 Å². The fourth-order valence-electron chi connectivity index (χ4n) is 5.32. The molecule has 0 spiro atoms. The maximum absolute atomic E-state index is 11.9. The summed E-state index contributed by atoms with van der Waals surface area (Å²) in [5, 5.41) is 6.96. The summed E-state index contributed by atoms with van der Waals surface area (Å²) in [5.74, 6) is 1.18. The Morgan fingerprint density at radius 3 is 2.51 bits per heavy atom. The number of nitrogens with zero attached hydrogens (tertiary/aromatic N) is 3. The Morgan fingerprint density at radius 1 is 1.00 bits per heavy atom. The topological polar surface area (TPSA) is 80.7 Å². The number of amides is 1. The van der Waals surface area contributed by atoms with Crippen LogP contribution in [0.3, 0.4) is 0 Å². The number of methoxy groups -OCH3 is 2. The molecule has 1 aliphatic rings. The quantitative estimate of drug-likeness (QED) is 0.293. The van der Waals surface area contributed by atoms with Crippen LogP contribution in [-0.2, 0) is 4.79 Å². The molecule has 5 rings (SSSR count). The van der Waals surface area contributed by atoms with Gasteiger partial charge >= 0.3 is 0 Å². The molecule has 1 amide bonds. The zero-order chi connectivity index (χ0) is 27.7. The largest absolute Gasteiger partial charge is 0.497 e. The van der Waals surface area contributed by atoms with Crippen LogP contribution in [0.15, 0.2) is 72.9 Å². The maximum atomic E-state index is 11.9. The van der Waals surface area contributed by atoms with Gasteiger partial charge in [0.2, 0.25) is 5.91 Å². The highest BCUT2D eigenvalue weighted by atomic mass is 32.1. The van der Waals surface area contributed by atoms with E-state index in [0.717, 1.165) is 39.8 Å². The van der Waals surface area contributed by atoms with Gasteiger partial charge in [-0.15, -0.1) is 0 Å². The molecule has 0 aliphatic carbocycles. The Balaban J connectivity index is 1.67. The van der Waals surface area contributed by atoms with Gasteiger partial charge in [0.1, 0.15) is 11.5 Å². The fourth-order valence-corrected chi connectivity index (χ4v) is 5.66. The Morgan fingerprint density at radius 2 is 1.82 bits per heavy atom. The van der Waals surface area contributed by atoms with E-state index in [4.69, 9.17) is 21.7 Å². The van der Waals surface area contributed by atoms with E-state index in [0.29, 0.717) is 16.5 Å². The summed E-state index contributed by atoms with van der Waals surface area (Å²) in [6, 6.07) is 21.4. The molecule has 200 valence electrons. The van der Waals surface area contributed by atoms with Crippen LogP contribution in [0.2, 0.25) is 0 Å². The minimum atomic E-state index is -0.212. The van der Waals surface area contributed by atoms with Crippen molar-refractivity contribution in [2.45, 2.75) is 32.9 Å². The molecule has 0 unspecified atom stereocenters. The second-order valence-corrected chi connectivity index (χ2v) is 9.81. The van der Waals surface area contributed by atoms with Crippen molar-refractivity contribution in [1.82, 2.24) is 14.9 Å². The molecule has 2 aromatic heterocycles. The molecule has 1 fully saturated rings. The van der Waals surface area contributed by atoms with Crippen molar-refractivity contribution in [1.29, 1.82) is 0 Å². The van der Waals surface area contributed by atoms with Crippen molar-refractivity contribution < 1.29 is 14.3 Å². The van der Waals surface area contributed by atoms with E-state index >= 15 is 0 Å². The Bertz CT molecular complexity index is 1540. The lowest BCUT2D eigenvalue weighted by atomic mass is 9.96. The number of carbonyl (C=O) groups excluding carboxylic acids is 1. The third-order valence-corrected chi connectivity index (χ3v) is 7.29. The van der Waals surface area contributed by atoms with Crippen molar-refractivity contribution in [3.63, 3.8) is 0 Å². The summed E-state index contributed by atoms with van der Waals surface area (Å²) in [5.41, 5.74) is 6.58. The molecule has 4 aromatic rings. The van der Waals surface area contributed by atoms with Crippen molar-refractivity contribution in [2.75, 3.05) is 24.4 Å².